The highest BCUT2D eigenvalue weighted by atomic mass is 16.5. The van der Waals surface area contributed by atoms with Gasteiger partial charge in [-0.3, -0.25) is 4.90 Å². The first kappa shape index (κ1) is 17.8. The van der Waals surface area contributed by atoms with E-state index in [0.717, 1.165) is 19.5 Å². The van der Waals surface area contributed by atoms with Gasteiger partial charge in [0.25, 0.3) is 0 Å². The largest absolute Gasteiger partial charge is 0.395 e. The van der Waals surface area contributed by atoms with Gasteiger partial charge < -0.3 is 15.6 Å². The number of nitrogens with zero attached hydrogens (tertiary/aromatic N) is 1. The van der Waals surface area contributed by atoms with E-state index in [1.54, 1.807) is 7.11 Å². The van der Waals surface area contributed by atoms with Crippen LogP contribution in [0.1, 0.15) is 34.1 Å². The predicted octanol–water partition coefficient (Wildman–Crippen LogP) is 1.33. The number of aliphatic hydroxyl groups is 1. The summed E-state index contributed by atoms with van der Waals surface area (Å²) in [5.41, 5.74) is 6.24. The molecular formula is C14H32N2O2. The van der Waals surface area contributed by atoms with Gasteiger partial charge in [0.05, 0.1) is 13.2 Å². The Morgan fingerprint density at radius 1 is 1.17 bits per heavy atom. The molecule has 0 aliphatic carbocycles. The van der Waals surface area contributed by atoms with Crippen molar-refractivity contribution in [1.82, 2.24) is 4.90 Å². The molecule has 18 heavy (non-hydrogen) atoms. The molecule has 0 aromatic heterocycles. The minimum Gasteiger partial charge on any atom is -0.395 e. The van der Waals surface area contributed by atoms with Gasteiger partial charge in [-0.05, 0) is 18.3 Å². The second kappa shape index (κ2) is 9.73. The highest BCUT2D eigenvalue weighted by molar-refractivity contribution is 4.83. The van der Waals surface area contributed by atoms with Crippen molar-refractivity contribution in [3.63, 3.8) is 0 Å². The molecule has 0 amide bonds. The number of ether oxygens (including phenoxy) is 1. The maximum Gasteiger partial charge on any atom is 0.0601 e. The molecule has 0 bridgehead atoms. The average Bonchev–Trinajstić information content (AvgIpc) is 2.24. The molecule has 0 spiro atoms. The number of aliphatic hydroxyl groups excluding tert-OH is 1. The summed E-state index contributed by atoms with van der Waals surface area (Å²) < 4.78 is 5.15. The number of hydrogen-bond donors (Lipinski definition) is 2. The summed E-state index contributed by atoms with van der Waals surface area (Å²) in [6.07, 6.45) is 0.937. The van der Waals surface area contributed by atoms with Crippen LogP contribution >= 0.6 is 0 Å². The highest BCUT2D eigenvalue weighted by Crippen LogP contribution is 2.13. The van der Waals surface area contributed by atoms with Crippen LogP contribution in [0.4, 0.5) is 0 Å². The topological polar surface area (TPSA) is 58.7 Å². The van der Waals surface area contributed by atoms with Gasteiger partial charge in [0.2, 0.25) is 0 Å². The van der Waals surface area contributed by atoms with Crippen molar-refractivity contribution in [3.8, 4) is 0 Å². The lowest BCUT2D eigenvalue weighted by Crippen LogP contribution is -2.52. The quantitative estimate of drug-likeness (QED) is 0.622. The molecule has 0 aliphatic rings. The van der Waals surface area contributed by atoms with Crippen LogP contribution in [-0.2, 0) is 4.74 Å². The van der Waals surface area contributed by atoms with Gasteiger partial charge in [-0.25, -0.2) is 0 Å². The Morgan fingerprint density at radius 3 is 2.17 bits per heavy atom. The Kier molecular flexibility index (Phi) is 9.64. The van der Waals surface area contributed by atoms with E-state index in [1.807, 2.05) is 0 Å². The summed E-state index contributed by atoms with van der Waals surface area (Å²) in [6, 6.07) is 0.0514. The first-order valence-corrected chi connectivity index (χ1v) is 7.01. The number of nitrogens with two attached hydrogens (primary N) is 1. The smallest absolute Gasteiger partial charge is 0.0601 e. The Hall–Kier alpha value is -0.160. The Bertz CT molecular complexity index is 198. The third-order valence-corrected chi connectivity index (χ3v) is 3.08. The van der Waals surface area contributed by atoms with Gasteiger partial charge >= 0.3 is 0 Å². The van der Waals surface area contributed by atoms with Crippen LogP contribution in [0.3, 0.4) is 0 Å². The molecule has 0 saturated heterocycles. The molecule has 0 rings (SSSR count). The summed E-state index contributed by atoms with van der Waals surface area (Å²) >= 11 is 0. The monoisotopic (exact) mass is 260 g/mol. The molecule has 0 heterocycles. The molecule has 110 valence electrons. The third kappa shape index (κ3) is 7.31. The van der Waals surface area contributed by atoms with Crippen LogP contribution in [0.25, 0.3) is 0 Å². The van der Waals surface area contributed by atoms with Crippen molar-refractivity contribution in [2.45, 2.75) is 46.2 Å². The summed E-state index contributed by atoms with van der Waals surface area (Å²) in [7, 11) is 1.70. The van der Waals surface area contributed by atoms with E-state index < -0.39 is 0 Å². The second-order valence-electron chi connectivity index (χ2n) is 5.92. The van der Waals surface area contributed by atoms with Crippen LogP contribution in [0.15, 0.2) is 0 Å². The zero-order valence-corrected chi connectivity index (χ0v) is 12.7. The molecular weight excluding hydrogens is 228 g/mol. The van der Waals surface area contributed by atoms with Gasteiger partial charge in [-0.15, -0.1) is 0 Å². The molecule has 4 heteroatoms. The third-order valence-electron chi connectivity index (χ3n) is 3.08. The van der Waals surface area contributed by atoms with E-state index in [9.17, 15) is 5.11 Å². The molecule has 2 unspecified atom stereocenters. The molecule has 0 radical (unpaired) electrons. The zero-order chi connectivity index (χ0) is 14.1. The van der Waals surface area contributed by atoms with E-state index in [0.29, 0.717) is 18.4 Å². The normalized spacial score (nSPS) is 15.7. The molecule has 0 aliphatic heterocycles. The Labute approximate surface area is 112 Å². The maximum atomic E-state index is 9.63. The lowest BCUT2D eigenvalue weighted by Gasteiger charge is -2.36. The summed E-state index contributed by atoms with van der Waals surface area (Å²) in [5.74, 6) is 1.11. The average molecular weight is 260 g/mol. The number of rotatable bonds is 10. The Balaban J connectivity index is 4.56. The first-order valence-electron chi connectivity index (χ1n) is 7.01. The van der Waals surface area contributed by atoms with Gasteiger partial charge in [-0.1, -0.05) is 27.7 Å². The van der Waals surface area contributed by atoms with E-state index in [1.165, 1.54) is 0 Å². The lowest BCUT2D eigenvalue weighted by molar-refractivity contribution is 0.0619. The summed E-state index contributed by atoms with van der Waals surface area (Å²) in [5, 5.41) is 9.63. The van der Waals surface area contributed by atoms with Crippen molar-refractivity contribution < 1.29 is 9.84 Å². The minimum atomic E-state index is 0.0191. The fourth-order valence-corrected chi connectivity index (χ4v) is 2.29. The minimum absolute atomic E-state index is 0.0191. The first-order chi connectivity index (χ1) is 8.42. The van der Waals surface area contributed by atoms with Crippen LogP contribution in [0.2, 0.25) is 0 Å². The lowest BCUT2D eigenvalue weighted by atomic mass is 9.97. The van der Waals surface area contributed by atoms with Crippen molar-refractivity contribution in [2.24, 2.45) is 17.6 Å². The molecule has 0 saturated carbocycles. The van der Waals surface area contributed by atoms with E-state index in [2.05, 4.69) is 32.6 Å². The van der Waals surface area contributed by atoms with Crippen molar-refractivity contribution in [2.75, 3.05) is 33.4 Å². The maximum absolute atomic E-state index is 9.63. The fraction of sp³-hybridized carbons (Fsp3) is 1.00. The standard InChI is InChI=1S/C14H32N2O2/c1-11(2)8-13(15)14(10-17)16(6-7-18-5)9-12(3)4/h11-14,17H,6-10,15H2,1-5H3. The van der Waals surface area contributed by atoms with Crippen LogP contribution in [-0.4, -0.2) is 55.5 Å². The molecule has 0 aromatic rings. The van der Waals surface area contributed by atoms with Crippen LogP contribution in [0, 0.1) is 11.8 Å². The molecule has 0 aromatic carbocycles. The molecule has 2 atom stereocenters. The van der Waals surface area contributed by atoms with Crippen LogP contribution in [0.5, 0.6) is 0 Å². The van der Waals surface area contributed by atoms with Gasteiger partial charge in [0, 0.05) is 32.3 Å². The Morgan fingerprint density at radius 2 is 1.78 bits per heavy atom. The SMILES string of the molecule is COCCN(CC(C)C)C(CO)C(N)CC(C)C. The van der Waals surface area contributed by atoms with E-state index in [4.69, 9.17) is 10.5 Å². The van der Waals surface area contributed by atoms with E-state index in [-0.39, 0.29) is 18.7 Å². The number of methoxy groups -OCH3 is 1. The van der Waals surface area contributed by atoms with E-state index >= 15 is 0 Å². The van der Waals surface area contributed by atoms with Gasteiger partial charge in [-0.2, -0.15) is 0 Å². The molecule has 4 nitrogen and oxygen atoms in total. The summed E-state index contributed by atoms with van der Waals surface area (Å²) in [4.78, 5) is 2.27. The molecule has 3 N–H and O–H groups in total. The predicted molar refractivity (Wildman–Crippen MR) is 76.6 cm³/mol. The zero-order valence-electron chi connectivity index (χ0n) is 12.7. The van der Waals surface area contributed by atoms with Gasteiger partial charge in [0.15, 0.2) is 0 Å². The second-order valence-corrected chi connectivity index (χ2v) is 5.92. The highest BCUT2D eigenvalue weighted by Gasteiger charge is 2.25. The fourth-order valence-electron chi connectivity index (χ4n) is 2.29. The van der Waals surface area contributed by atoms with Crippen molar-refractivity contribution >= 4 is 0 Å². The molecule has 0 fully saturated rings. The van der Waals surface area contributed by atoms with Crippen molar-refractivity contribution in [1.29, 1.82) is 0 Å². The number of hydrogen-bond acceptors (Lipinski definition) is 4. The van der Waals surface area contributed by atoms with Gasteiger partial charge in [0.1, 0.15) is 0 Å². The van der Waals surface area contributed by atoms with Crippen molar-refractivity contribution in [3.05, 3.63) is 0 Å². The summed E-state index contributed by atoms with van der Waals surface area (Å²) in [6.45, 7) is 11.3. The van der Waals surface area contributed by atoms with Crippen LogP contribution < -0.4 is 5.73 Å².